The molecule has 1 aliphatic carbocycles. The van der Waals surface area contributed by atoms with E-state index in [9.17, 15) is 13.2 Å². The zero-order chi connectivity index (χ0) is 18.4. The van der Waals surface area contributed by atoms with Gasteiger partial charge in [-0.05, 0) is 30.9 Å². The number of rotatable bonds is 10. The quantitative estimate of drug-likeness (QED) is 0.541. The van der Waals surface area contributed by atoms with Gasteiger partial charge in [0.1, 0.15) is 0 Å². The first-order valence-electron chi connectivity index (χ1n) is 8.12. The van der Waals surface area contributed by atoms with Gasteiger partial charge in [0.2, 0.25) is 15.9 Å². The molecule has 9 heteroatoms. The third kappa shape index (κ3) is 5.32. The molecule has 8 nitrogen and oxygen atoms in total. The molecule has 4 N–H and O–H groups in total. The number of sulfonamides is 1. The van der Waals surface area contributed by atoms with Crippen LogP contribution in [0.2, 0.25) is 0 Å². The predicted octanol–water partition coefficient (Wildman–Crippen LogP) is 0.226. The summed E-state index contributed by atoms with van der Waals surface area (Å²) in [5.41, 5.74) is 5.64. The molecule has 0 saturated heterocycles. The number of benzene rings is 1. The van der Waals surface area contributed by atoms with Crippen molar-refractivity contribution in [3.05, 3.63) is 18.2 Å². The summed E-state index contributed by atoms with van der Waals surface area (Å²) < 4.78 is 37.2. The molecule has 0 heterocycles. The van der Waals surface area contributed by atoms with Crippen molar-refractivity contribution in [2.75, 3.05) is 27.3 Å². The highest BCUT2D eigenvalue weighted by atomic mass is 32.2. The molecule has 1 aromatic carbocycles. The highest BCUT2D eigenvalue weighted by Gasteiger charge is 2.31. The summed E-state index contributed by atoms with van der Waals surface area (Å²) >= 11 is 0. The Hall–Kier alpha value is -1.84. The number of hydrogen-bond acceptors (Lipinski definition) is 6. The summed E-state index contributed by atoms with van der Waals surface area (Å²) in [6.07, 6.45) is 2.21. The summed E-state index contributed by atoms with van der Waals surface area (Å²) in [4.78, 5) is 12.0. The number of nitrogens with one attached hydrogen (secondary N) is 2. The van der Waals surface area contributed by atoms with Crippen molar-refractivity contribution in [2.45, 2.75) is 30.2 Å². The van der Waals surface area contributed by atoms with E-state index in [1.807, 2.05) is 0 Å². The minimum Gasteiger partial charge on any atom is -0.493 e. The van der Waals surface area contributed by atoms with Crippen LogP contribution < -0.4 is 25.2 Å². The molecular weight excluding hydrogens is 346 g/mol. The SMILES string of the molecule is COc1ccc(S(=O)(=O)NCCC(=O)NC(CN)C2CC2)cc1OC. The summed E-state index contributed by atoms with van der Waals surface area (Å²) in [7, 11) is -0.840. The number of hydrogen-bond donors (Lipinski definition) is 3. The number of amides is 1. The van der Waals surface area contributed by atoms with Crippen LogP contribution in [0.25, 0.3) is 0 Å². The van der Waals surface area contributed by atoms with E-state index in [1.54, 1.807) is 0 Å². The maximum Gasteiger partial charge on any atom is 0.240 e. The molecule has 1 amide bonds. The zero-order valence-electron chi connectivity index (χ0n) is 14.4. The Labute approximate surface area is 148 Å². The van der Waals surface area contributed by atoms with E-state index >= 15 is 0 Å². The van der Waals surface area contributed by atoms with Gasteiger partial charge < -0.3 is 20.5 Å². The molecule has 0 bridgehead atoms. The summed E-state index contributed by atoms with van der Waals surface area (Å²) in [5.74, 6) is 1.00. The van der Waals surface area contributed by atoms with Gasteiger partial charge in [-0.3, -0.25) is 4.79 Å². The normalized spacial score (nSPS) is 15.5. The number of carbonyl (C=O) groups excluding carboxylic acids is 1. The second-order valence-electron chi connectivity index (χ2n) is 5.91. The van der Waals surface area contributed by atoms with Crippen LogP contribution in [-0.4, -0.2) is 47.7 Å². The van der Waals surface area contributed by atoms with Crippen LogP contribution in [0, 0.1) is 5.92 Å². The maximum absolute atomic E-state index is 12.3. The third-order valence-corrected chi connectivity index (χ3v) is 5.56. The highest BCUT2D eigenvalue weighted by molar-refractivity contribution is 7.89. The van der Waals surface area contributed by atoms with E-state index in [0.717, 1.165) is 12.8 Å². The van der Waals surface area contributed by atoms with Crippen molar-refractivity contribution in [2.24, 2.45) is 11.7 Å². The molecule has 0 radical (unpaired) electrons. The van der Waals surface area contributed by atoms with Crippen LogP contribution in [0.4, 0.5) is 0 Å². The van der Waals surface area contributed by atoms with Crippen molar-refractivity contribution in [1.82, 2.24) is 10.0 Å². The summed E-state index contributed by atoms with van der Waals surface area (Å²) in [6, 6.07) is 4.29. The number of methoxy groups -OCH3 is 2. The monoisotopic (exact) mass is 371 g/mol. The molecule has 1 aromatic rings. The standard InChI is InChI=1S/C16H25N3O5S/c1-23-14-6-5-12(9-15(14)24-2)25(21,22)18-8-7-16(20)19-13(10-17)11-3-4-11/h5-6,9,11,13,18H,3-4,7-8,10,17H2,1-2H3,(H,19,20). The van der Waals surface area contributed by atoms with Gasteiger partial charge in [0.25, 0.3) is 0 Å². The molecule has 1 unspecified atom stereocenters. The van der Waals surface area contributed by atoms with E-state index in [1.165, 1.54) is 32.4 Å². The highest BCUT2D eigenvalue weighted by Crippen LogP contribution is 2.32. The van der Waals surface area contributed by atoms with Crippen LogP contribution in [0.3, 0.4) is 0 Å². The second kappa shape index (κ2) is 8.50. The molecule has 1 atom stereocenters. The smallest absolute Gasteiger partial charge is 0.240 e. The van der Waals surface area contributed by atoms with Crippen LogP contribution in [-0.2, 0) is 14.8 Å². The van der Waals surface area contributed by atoms with E-state index in [4.69, 9.17) is 15.2 Å². The minimum absolute atomic E-state index is 0.00443. The summed E-state index contributed by atoms with van der Waals surface area (Å²) in [6.45, 7) is 0.401. The number of ether oxygens (including phenoxy) is 2. The predicted molar refractivity (Wildman–Crippen MR) is 93.1 cm³/mol. The van der Waals surface area contributed by atoms with Crippen molar-refractivity contribution < 1.29 is 22.7 Å². The van der Waals surface area contributed by atoms with Crippen LogP contribution in [0.5, 0.6) is 11.5 Å². The van der Waals surface area contributed by atoms with E-state index in [0.29, 0.717) is 24.0 Å². The Morgan fingerprint density at radius 2 is 1.96 bits per heavy atom. The largest absolute Gasteiger partial charge is 0.493 e. The first-order valence-corrected chi connectivity index (χ1v) is 9.60. The van der Waals surface area contributed by atoms with Gasteiger partial charge in [0.15, 0.2) is 11.5 Å². The summed E-state index contributed by atoms with van der Waals surface area (Å²) in [5, 5.41) is 2.85. The Morgan fingerprint density at radius 1 is 1.28 bits per heavy atom. The first kappa shape index (κ1) is 19.5. The number of carbonyl (C=O) groups is 1. The van der Waals surface area contributed by atoms with Gasteiger partial charge in [0.05, 0.1) is 19.1 Å². The van der Waals surface area contributed by atoms with Crippen LogP contribution in [0.1, 0.15) is 19.3 Å². The average molecular weight is 371 g/mol. The van der Waals surface area contributed by atoms with Gasteiger partial charge in [-0.1, -0.05) is 0 Å². The van der Waals surface area contributed by atoms with Gasteiger partial charge in [-0.15, -0.1) is 0 Å². The van der Waals surface area contributed by atoms with Gasteiger partial charge in [-0.2, -0.15) is 0 Å². The van der Waals surface area contributed by atoms with Crippen molar-refractivity contribution >= 4 is 15.9 Å². The lowest BCUT2D eigenvalue weighted by atomic mass is 10.2. The fraction of sp³-hybridized carbons (Fsp3) is 0.562. The lowest BCUT2D eigenvalue weighted by Gasteiger charge is -2.16. The fourth-order valence-corrected chi connectivity index (χ4v) is 3.56. The van der Waals surface area contributed by atoms with E-state index in [-0.39, 0.29) is 29.8 Å². The lowest BCUT2D eigenvalue weighted by Crippen LogP contribution is -2.42. The fourth-order valence-electron chi connectivity index (χ4n) is 2.51. The van der Waals surface area contributed by atoms with Gasteiger partial charge in [-0.25, -0.2) is 13.1 Å². The van der Waals surface area contributed by atoms with Crippen LogP contribution >= 0.6 is 0 Å². The van der Waals surface area contributed by atoms with Crippen molar-refractivity contribution in [3.8, 4) is 11.5 Å². The van der Waals surface area contributed by atoms with Crippen molar-refractivity contribution in [1.29, 1.82) is 0 Å². The topological polar surface area (TPSA) is 120 Å². The zero-order valence-corrected chi connectivity index (χ0v) is 15.3. The number of nitrogens with two attached hydrogens (primary N) is 1. The molecular formula is C16H25N3O5S. The Morgan fingerprint density at radius 3 is 2.52 bits per heavy atom. The molecule has 1 aliphatic rings. The van der Waals surface area contributed by atoms with Crippen molar-refractivity contribution in [3.63, 3.8) is 0 Å². The Bertz CT molecular complexity index is 704. The van der Waals surface area contributed by atoms with Gasteiger partial charge >= 0.3 is 0 Å². The molecule has 140 valence electrons. The maximum atomic E-state index is 12.3. The molecule has 25 heavy (non-hydrogen) atoms. The molecule has 0 aliphatic heterocycles. The van der Waals surface area contributed by atoms with Crippen LogP contribution in [0.15, 0.2) is 23.1 Å². The molecule has 2 rings (SSSR count). The molecule has 1 saturated carbocycles. The first-order chi connectivity index (χ1) is 11.9. The van der Waals surface area contributed by atoms with E-state index in [2.05, 4.69) is 10.0 Å². The Kier molecular flexibility index (Phi) is 6.63. The molecule has 0 aromatic heterocycles. The second-order valence-corrected chi connectivity index (χ2v) is 7.68. The van der Waals surface area contributed by atoms with Gasteiger partial charge in [0, 0.05) is 31.6 Å². The molecule has 0 spiro atoms. The molecule has 1 fully saturated rings. The lowest BCUT2D eigenvalue weighted by molar-refractivity contribution is -0.121. The van der Waals surface area contributed by atoms with E-state index < -0.39 is 10.0 Å². The average Bonchev–Trinajstić information content (AvgIpc) is 3.43. The minimum atomic E-state index is -3.74. The third-order valence-electron chi connectivity index (χ3n) is 4.10. The Balaban J connectivity index is 1.89.